The highest BCUT2D eigenvalue weighted by atomic mass is 35.5. The summed E-state index contributed by atoms with van der Waals surface area (Å²) in [4.78, 5) is 17.8. The van der Waals surface area contributed by atoms with Crippen LogP contribution in [0.25, 0.3) is 28.2 Å². The van der Waals surface area contributed by atoms with Crippen LogP contribution in [-0.2, 0) is 12.8 Å². The van der Waals surface area contributed by atoms with Crippen LogP contribution in [0, 0.1) is 5.41 Å². The van der Waals surface area contributed by atoms with E-state index in [0.717, 1.165) is 37.2 Å². The molecule has 1 saturated carbocycles. The molecule has 1 saturated heterocycles. The molecule has 1 spiro atoms. The Morgan fingerprint density at radius 1 is 1.10 bits per heavy atom. The predicted molar refractivity (Wildman–Crippen MR) is 153 cm³/mol. The zero-order chi connectivity index (χ0) is 29.8. The number of alkyl halides is 3. The van der Waals surface area contributed by atoms with E-state index >= 15 is 0 Å². The molecule has 6 rings (SSSR count). The summed E-state index contributed by atoms with van der Waals surface area (Å²) in [6.45, 7) is 1.18. The molecular formula is C30H24Cl2F3N3O4. The number of nitrogens with zero attached hydrogens (tertiary/aromatic N) is 3. The molecule has 0 radical (unpaired) electrons. The molecule has 7 nitrogen and oxygen atoms in total. The van der Waals surface area contributed by atoms with Crippen molar-refractivity contribution in [2.75, 3.05) is 18.0 Å². The van der Waals surface area contributed by atoms with Gasteiger partial charge in [0.2, 0.25) is 5.76 Å². The molecule has 42 heavy (non-hydrogen) atoms. The van der Waals surface area contributed by atoms with Crippen molar-refractivity contribution in [1.29, 1.82) is 0 Å². The molecule has 3 heterocycles. The molecule has 1 aliphatic carbocycles. The fourth-order valence-corrected chi connectivity index (χ4v) is 6.65. The van der Waals surface area contributed by atoms with Crippen LogP contribution in [0.1, 0.15) is 53.1 Å². The van der Waals surface area contributed by atoms with Crippen molar-refractivity contribution in [3.8, 4) is 11.3 Å². The molecule has 0 atom stereocenters. The molecule has 4 aromatic rings. The summed E-state index contributed by atoms with van der Waals surface area (Å²) in [6, 6.07) is 11.6. The van der Waals surface area contributed by atoms with Gasteiger partial charge < -0.3 is 19.6 Å². The highest BCUT2D eigenvalue weighted by molar-refractivity contribution is 6.39. The van der Waals surface area contributed by atoms with Crippen LogP contribution < -0.4 is 4.90 Å². The average molecular weight is 618 g/mol. The second-order valence-corrected chi connectivity index (χ2v) is 11.7. The largest absolute Gasteiger partial charge is 0.477 e. The third kappa shape index (κ3) is 5.12. The molecule has 2 fully saturated rings. The van der Waals surface area contributed by atoms with Gasteiger partial charge >= 0.3 is 12.1 Å². The first-order valence-electron chi connectivity index (χ1n) is 13.2. The maximum Gasteiger partial charge on any atom is 0.453 e. The molecule has 2 aliphatic rings. The first-order chi connectivity index (χ1) is 20.0. The smallest absolute Gasteiger partial charge is 0.453 e. The van der Waals surface area contributed by atoms with Gasteiger partial charge in [0.05, 0.1) is 27.7 Å². The van der Waals surface area contributed by atoms with Crippen LogP contribution in [-0.4, -0.2) is 39.4 Å². The van der Waals surface area contributed by atoms with Crippen molar-refractivity contribution in [1.82, 2.24) is 10.1 Å². The van der Waals surface area contributed by atoms with E-state index in [0.29, 0.717) is 29.3 Å². The van der Waals surface area contributed by atoms with E-state index in [1.165, 1.54) is 24.3 Å². The topological polar surface area (TPSA) is 99.7 Å². The number of pyridine rings is 1. The van der Waals surface area contributed by atoms with E-state index in [2.05, 4.69) is 15.0 Å². The minimum Gasteiger partial charge on any atom is -0.477 e. The number of anilines is 1. The van der Waals surface area contributed by atoms with Gasteiger partial charge in [0.25, 0.3) is 0 Å². The number of aliphatic hydroxyl groups excluding tert-OH is 1. The summed E-state index contributed by atoms with van der Waals surface area (Å²) in [6.07, 6.45) is -0.196. The number of aromatic nitrogens is 2. The number of piperidine rings is 1. The number of halogens is 5. The Morgan fingerprint density at radius 3 is 2.40 bits per heavy atom. The van der Waals surface area contributed by atoms with Crippen LogP contribution in [0.4, 0.5) is 18.9 Å². The molecule has 0 amide bonds. The molecular weight excluding hydrogens is 594 g/mol. The number of benzene rings is 2. The van der Waals surface area contributed by atoms with Crippen molar-refractivity contribution in [3.05, 3.63) is 80.7 Å². The molecule has 218 valence electrons. The Balaban J connectivity index is 1.21. The summed E-state index contributed by atoms with van der Waals surface area (Å²) in [7, 11) is 0. The zero-order valence-electron chi connectivity index (χ0n) is 22.0. The minimum absolute atomic E-state index is 0.00878. The van der Waals surface area contributed by atoms with Gasteiger partial charge in [-0.2, -0.15) is 13.2 Å². The van der Waals surface area contributed by atoms with Crippen LogP contribution in [0.2, 0.25) is 10.0 Å². The maximum atomic E-state index is 13.8. The number of hydrogen-bond acceptors (Lipinski definition) is 6. The van der Waals surface area contributed by atoms with Gasteiger partial charge in [0.15, 0.2) is 0 Å². The lowest BCUT2D eigenvalue weighted by Crippen LogP contribution is -2.44. The number of hydrogen-bond donors (Lipinski definition) is 2. The van der Waals surface area contributed by atoms with Crippen molar-refractivity contribution < 1.29 is 32.7 Å². The zero-order valence-corrected chi connectivity index (χ0v) is 23.5. The van der Waals surface area contributed by atoms with Gasteiger partial charge in [0.1, 0.15) is 11.4 Å². The summed E-state index contributed by atoms with van der Waals surface area (Å²) in [5, 5.41) is 23.9. The van der Waals surface area contributed by atoms with Gasteiger partial charge in [-0.05, 0) is 79.1 Å². The maximum absolute atomic E-state index is 13.8. The summed E-state index contributed by atoms with van der Waals surface area (Å²) in [5.74, 6) is -2.34. The number of aromatic carboxylic acids is 1. The predicted octanol–water partition coefficient (Wildman–Crippen LogP) is 7.87. The van der Waals surface area contributed by atoms with Crippen molar-refractivity contribution in [2.24, 2.45) is 5.41 Å². The molecule has 2 aromatic heterocycles. The number of aliphatic hydroxyl groups is 1. The minimum atomic E-state index is -4.74. The van der Waals surface area contributed by atoms with Gasteiger partial charge in [-0.1, -0.05) is 40.0 Å². The second-order valence-electron chi connectivity index (χ2n) is 10.8. The third-order valence-electron chi connectivity index (χ3n) is 8.19. The Hall–Kier alpha value is -3.60. The standard InChI is InChI=1S/C30H24Cl2F3N3O4/c31-21-2-1-3-22(32)25(21)26-20(27(42-37-26)30(33,34)35)10-16-13-29(14-16)6-8-38(9-7-29)18-4-5-23-19(12-18)17(15-39)11-24(36-23)28(40)41/h1-5,10-12,39H,6-9,13-15H2,(H,40,41). The number of carbonyl (C=O) groups is 1. The van der Waals surface area contributed by atoms with Crippen LogP contribution >= 0.6 is 23.2 Å². The molecule has 12 heteroatoms. The van der Waals surface area contributed by atoms with Gasteiger partial charge in [0, 0.05) is 29.7 Å². The first-order valence-corrected chi connectivity index (χ1v) is 14.0. The number of carboxylic acid groups (broad SMARTS) is 1. The highest BCUT2D eigenvalue weighted by Gasteiger charge is 2.45. The molecule has 0 bridgehead atoms. The van der Waals surface area contributed by atoms with E-state index in [4.69, 9.17) is 27.7 Å². The molecule has 1 aliphatic heterocycles. The molecule has 2 N–H and O–H groups in total. The van der Waals surface area contributed by atoms with Crippen molar-refractivity contribution >= 4 is 51.8 Å². The quantitative estimate of drug-likeness (QED) is 0.235. The SMILES string of the molecule is O=C(O)c1cc(CO)c2cc(N3CCC4(CC3)CC(=Cc3c(-c5c(Cl)cccc5Cl)noc3C(F)(F)F)C4)ccc2n1. The van der Waals surface area contributed by atoms with Gasteiger partial charge in [-0.3, -0.25) is 0 Å². The lowest BCUT2D eigenvalue weighted by atomic mass is 9.60. The Kier molecular flexibility index (Phi) is 7.19. The van der Waals surface area contributed by atoms with E-state index in [1.807, 2.05) is 12.1 Å². The summed E-state index contributed by atoms with van der Waals surface area (Å²) >= 11 is 12.6. The average Bonchev–Trinajstić information content (AvgIpc) is 3.35. The van der Waals surface area contributed by atoms with Gasteiger partial charge in [-0.25, -0.2) is 9.78 Å². The fourth-order valence-electron chi connectivity index (χ4n) is 6.07. The first kappa shape index (κ1) is 28.5. The van der Waals surface area contributed by atoms with Crippen molar-refractivity contribution in [2.45, 2.75) is 38.5 Å². The van der Waals surface area contributed by atoms with Gasteiger partial charge in [-0.15, -0.1) is 0 Å². The van der Waals surface area contributed by atoms with E-state index in [1.54, 1.807) is 12.1 Å². The van der Waals surface area contributed by atoms with E-state index in [9.17, 15) is 28.2 Å². The Labute approximate surface area is 248 Å². The fraction of sp³-hybridized carbons (Fsp3) is 0.300. The molecule has 0 unspecified atom stereocenters. The van der Waals surface area contributed by atoms with Crippen LogP contribution in [0.5, 0.6) is 0 Å². The van der Waals surface area contributed by atoms with E-state index < -0.39 is 17.9 Å². The Morgan fingerprint density at radius 2 is 1.79 bits per heavy atom. The van der Waals surface area contributed by atoms with E-state index in [-0.39, 0.29) is 44.6 Å². The summed E-state index contributed by atoms with van der Waals surface area (Å²) in [5.41, 5.74) is 2.66. The molecule has 2 aromatic carbocycles. The lowest BCUT2D eigenvalue weighted by molar-refractivity contribution is -0.155. The second kappa shape index (κ2) is 10.6. The number of carboxylic acids is 1. The number of fused-ring (bicyclic) bond motifs is 1. The summed E-state index contributed by atoms with van der Waals surface area (Å²) < 4.78 is 46.2. The normalized spacial score (nSPS) is 16.6. The number of allylic oxidation sites excluding steroid dienone is 1. The third-order valence-corrected chi connectivity index (χ3v) is 8.82. The number of rotatable bonds is 5. The highest BCUT2D eigenvalue weighted by Crippen LogP contribution is 2.54. The Bertz CT molecular complexity index is 1710. The van der Waals surface area contributed by atoms with Crippen molar-refractivity contribution in [3.63, 3.8) is 0 Å². The monoisotopic (exact) mass is 617 g/mol. The van der Waals surface area contributed by atoms with Crippen LogP contribution in [0.3, 0.4) is 0 Å². The van der Waals surface area contributed by atoms with Crippen LogP contribution in [0.15, 0.2) is 52.6 Å². The lowest BCUT2D eigenvalue weighted by Gasteiger charge is -2.50.